The summed E-state index contributed by atoms with van der Waals surface area (Å²) in [5, 5.41) is 0. The third-order valence-electron chi connectivity index (χ3n) is 3.66. The van der Waals surface area contributed by atoms with Crippen LogP contribution in [0, 0.1) is 0 Å². The zero-order chi connectivity index (χ0) is 13.3. The maximum absolute atomic E-state index is 2.30. The van der Waals surface area contributed by atoms with Gasteiger partial charge in [0.2, 0.25) is 0 Å². The van der Waals surface area contributed by atoms with Crippen molar-refractivity contribution in [2.75, 3.05) is 12.3 Å². The fourth-order valence-corrected chi connectivity index (χ4v) is 6.97. The summed E-state index contributed by atoms with van der Waals surface area (Å²) in [6, 6.07) is 0. The third-order valence-corrected chi connectivity index (χ3v) is 8.76. The van der Waals surface area contributed by atoms with Crippen LogP contribution in [0.2, 0.25) is 0 Å². The van der Waals surface area contributed by atoms with Crippen molar-refractivity contribution in [1.29, 1.82) is 0 Å². The Hall–Kier alpha value is 0.860. The predicted octanol–water partition coefficient (Wildman–Crippen LogP) is 6.44. The fourth-order valence-electron chi connectivity index (χ4n) is 2.36. The van der Waals surface area contributed by atoms with Gasteiger partial charge in [-0.2, -0.15) is 0 Å². The molecule has 0 aromatic carbocycles. The van der Waals surface area contributed by atoms with Gasteiger partial charge in [0.05, 0.1) is 0 Å². The molecule has 0 aliphatic carbocycles. The number of hydrogen-bond acceptors (Lipinski definition) is 0. The summed E-state index contributed by atoms with van der Waals surface area (Å²) in [6.07, 6.45) is 21.0. The van der Waals surface area contributed by atoms with Crippen molar-refractivity contribution in [1.82, 2.24) is 0 Å². The molecular formula is C16H38P2. The summed E-state index contributed by atoms with van der Waals surface area (Å²) in [7, 11) is 1.75. The Morgan fingerprint density at radius 3 is 1.72 bits per heavy atom. The van der Waals surface area contributed by atoms with Gasteiger partial charge in [0.15, 0.2) is 0 Å². The van der Waals surface area contributed by atoms with E-state index in [2.05, 4.69) is 13.8 Å². The molecule has 0 fully saturated rings. The van der Waals surface area contributed by atoms with E-state index in [1.165, 1.54) is 78.9 Å². The van der Waals surface area contributed by atoms with E-state index >= 15 is 0 Å². The number of rotatable bonds is 15. The summed E-state index contributed by atoms with van der Waals surface area (Å²) in [6.45, 7) is 4.60. The molecule has 0 radical (unpaired) electrons. The van der Waals surface area contributed by atoms with E-state index in [0.29, 0.717) is 8.27 Å². The number of hydrogen-bond donors (Lipinski definition) is 0. The van der Waals surface area contributed by atoms with Crippen molar-refractivity contribution < 1.29 is 0 Å². The molecule has 0 aliphatic heterocycles. The molecule has 0 amide bonds. The Morgan fingerprint density at radius 1 is 0.611 bits per heavy atom. The quantitative estimate of drug-likeness (QED) is 0.240. The van der Waals surface area contributed by atoms with Crippen molar-refractivity contribution >= 4 is 16.5 Å². The van der Waals surface area contributed by atoms with Crippen LogP contribution in [0.25, 0.3) is 0 Å². The molecule has 0 N–H and O–H groups in total. The molecular weight excluding hydrogens is 254 g/mol. The van der Waals surface area contributed by atoms with E-state index in [1.54, 1.807) is 18.7 Å². The number of unbranched alkanes of at least 4 members (excludes halogenated alkanes) is 10. The van der Waals surface area contributed by atoms with Gasteiger partial charge in [-0.05, 0) is 0 Å². The SMILES string of the molecule is CCCCCCCCP[PH3]CCCCCCCC. The van der Waals surface area contributed by atoms with Crippen LogP contribution in [0.5, 0.6) is 0 Å². The molecule has 0 saturated heterocycles. The first-order valence-corrected chi connectivity index (χ1v) is 13.2. The molecule has 0 nitrogen and oxygen atoms in total. The van der Waals surface area contributed by atoms with Crippen LogP contribution < -0.4 is 0 Å². The Labute approximate surface area is 120 Å². The van der Waals surface area contributed by atoms with Crippen molar-refractivity contribution in [3.05, 3.63) is 0 Å². The molecule has 0 aliphatic rings. The van der Waals surface area contributed by atoms with Crippen LogP contribution >= 0.6 is 16.5 Å². The molecule has 0 heterocycles. The van der Waals surface area contributed by atoms with Crippen molar-refractivity contribution in [3.63, 3.8) is 0 Å². The van der Waals surface area contributed by atoms with Gasteiger partial charge in [-0.3, -0.25) is 0 Å². The van der Waals surface area contributed by atoms with Crippen LogP contribution in [0.4, 0.5) is 0 Å². The van der Waals surface area contributed by atoms with Gasteiger partial charge >= 0.3 is 120 Å². The van der Waals surface area contributed by atoms with Gasteiger partial charge in [0.1, 0.15) is 0 Å². The molecule has 0 spiro atoms. The fraction of sp³-hybridized carbons (Fsp3) is 1.00. The van der Waals surface area contributed by atoms with E-state index in [9.17, 15) is 0 Å². The minimum atomic E-state index is 0.356. The van der Waals surface area contributed by atoms with E-state index in [0.717, 1.165) is 0 Å². The second kappa shape index (κ2) is 17.9. The van der Waals surface area contributed by atoms with Crippen LogP contribution in [0.3, 0.4) is 0 Å². The van der Waals surface area contributed by atoms with E-state index in [4.69, 9.17) is 0 Å². The first-order valence-electron chi connectivity index (χ1n) is 8.62. The second-order valence-corrected chi connectivity index (χ2v) is 10.8. The van der Waals surface area contributed by atoms with Gasteiger partial charge in [-0.15, -0.1) is 0 Å². The summed E-state index contributed by atoms with van der Waals surface area (Å²) in [4.78, 5) is 0. The van der Waals surface area contributed by atoms with Gasteiger partial charge in [-0.25, -0.2) is 0 Å². The Kier molecular flexibility index (Phi) is 18.7. The van der Waals surface area contributed by atoms with Gasteiger partial charge in [-0.1, -0.05) is 0 Å². The summed E-state index contributed by atoms with van der Waals surface area (Å²) in [5.74, 6) is 0. The Balaban J connectivity index is 2.86. The van der Waals surface area contributed by atoms with Gasteiger partial charge in [0, 0.05) is 0 Å². The minimum absolute atomic E-state index is 0.356. The van der Waals surface area contributed by atoms with Gasteiger partial charge < -0.3 is 0 Å². The summed E-state index contributed by atoms with van der Waals surface area (Å²) in [5.41, 5.74) is 0. The average Bonchev–Trinajstić information content (AvgIpc) is 2.39. The average molecular weight is 292 g/mol. The molecule has 0 rings (SSSR count). The van der Waals surface area contributed by atoms with Crippen LogP contribution in [0.15, 0.2) is 0 Å². The van der Waals surface area contributed by atoms with Crippen molar-refractivity contribution in [2.24, 2.45) is 0 Å². The topological polar surface area (TPSA) is 0 Å². The van der Waals surface area contributed by atoms with Crippen LogP contribution in [-0.2, 0) is 0 Å². The molecule has 1 atom stereocenters. The third kappa shape index (κ3) is 16.9. The Morgan fingerprint density at radius 2 is 1.11 bits per heavy atom. The maximum atomic E-state index is 2.30. The van der Waals surface area contributed by atoms with E-state index < -0.39 is 0 Å². The van der Waals surface area contributed by atoms with Gasteiger partial charge in [0.25, 0.3) is 0 Å². The molecule has 0 aromatic rings. The Bertz CT molecular complexity index is 121. The zero-order valence-electron chi connectivity index (χ0n) is 13.1. The summed E-state index contributed by atoms with van der Waals surface area (Å²) >= 11 is 0. The zero-order valence-corrected chi connectivity index (χ0v) is 15.5. The molecule has 2 heteroatoms. The normalized spacial score (nSPS) is 11.9. The van der Waals surface area contributed by atoms with Crippen LogP contribution in [-0.4, -0.2) is 12.3 Å². The van der Waals surface area contributed by atoms with Crippen molar-refractivity contribution in [3.8, 4) is 0 Å². The molecule has 0 aromatic heterocycles. The standard InChI is InChI=1S/C16H38P2/c1-3-5-7-9-11-13-15-17-18-16-14-12-10-8-6-4-2/h17H,3-16H2,1-2,18H3. The first kappa shape index (κ1) is 18.9. The monoisotopic (exact) mass is 292 g/mol. The molecule has 0 saturated carbocycles. The molecule has 1 unspecified atom stereocenters. The molecule has 0 bridgehead atoms. The molecule has 112 valence electrons. The van der Waals surface area contributed by atoms with E-state index in [1.807, 2.05) is 0 Å². The van der Waals surface area contributed by atoms with Crippen LogP contribution in [0.1, 0.15) is 90.9 Å². The first-order chi connectivity index (χ1) is 8.91. The molecule has 18 heavy (non-hydrogen) atoms. The second-order valence-electron chi connectivity index (χ2n) is 5.64. The van der Waals surface area contributed by atoms with E-state index in [-0.39, 0.29) is 0 Å². The summed E-state index contributed by atoms with van der Waals surface area (Å²) < 4.78 is 0. The predicted molar refractivity (Wildman–Crippen MR) is 95.9 cm³/mol. The van der Waals surface area contributed by atoms with Crippen molar-refractivity contribution in [2.45, 2.75) is 90.9 Å².